The third kappa shape index (κ3) is 2.61. The van der Waals surface area contributed by atoms with E-state index in [1.807, 2.05) is 0 Å². The Morgan fingerprint density at radius 3 is 2.73 bits per heavy atom. The molecule has 2 amide bonds. The van der Waals surface area contributed by atoms with E-state index in [4.69, 9.17) is 0 Å². The molecule has 1 saturated heterocycles. The number of nitro benzene ring substituents is 1. The van der Waals surface area contributed by atoms with Crippen molar-refractivity contribution < 1.29 is 14.5 Å². The number of hydrogen-bond acceptors (Lipinski definition) is 4. The van der Waals surface area contributed by atoms with E-state index in [1.165, 1.54) is 12.1 Å². The van der Waals surface area contributed by atoms with Crippen LogP contribution in [-0.4, -0.2) is 34.2 Å². The zero-order chi connectivity index (χ0) is 18.3. The fourth-order valence-electron chi connectivity index (χ4n) is 3.72. The molecule has 7 nitrogen and oxygen atoms in total. The number of benzene rings is 2. The van der Waals surface area contributed by atoms with Crippen molar-refractivity contribution in [2.45, 2.75) is 25.4 Å². The molecule has 1 atom stereocenters. The highest BCUT2D eigenvalue weighted by atomic mass is 16.6. The predicted molar refractivity (Wildman–Crippen MR) is 94.8 cm³/mol. The van der Waals surface area contributed by atoms with E-state index in [2.05, 4.69) is 0 Å². The number of nitrogens with zero attached hydrogens (tertiary/aromatic N) is 3. The van der Waals surface area contributed by atoms with Crippen LogP contribution in [0.15, 0.2) is 48.5 Å². The molecule has 132 valence electrons. The van der Waals surface area contributed by atoms with Crippen LogP contribution in [0, 0.1) is 10.1 Å². The molecule has 4 rings (SSSR count). The minimum absolute atomic E-state index is 0.0170. The van der Waals surface area contributed by atoms with Gasteiger partial charge in [-0.25, -0.2) is 0 Å². The van der Waals surface area contributed by atoms with Gasteiger partial charge in [-0.1, -0.05) is 24.3 Å². The molecular weight excluding hydrogens is 334 g/mol. The Balaban J connectivity index is 1.77. The summed E-state index contributed by atoms with van der Waals surface area (Å²) >= 11 is 0. The van der Waals surface area contributed by atoms with Crippen LogP contribution in [0.25, 0.3) is 0 Å². The smallest absolute Gasteiger partial charge is 0.269 e. The quantitative estimate of drug-likeness (QED) is 0.629. The van der Waals surface area contributed by atoms with Gasteiger partial charge in [-0.3, -0.25) is 19.7 Å². The minimum Gasteiger partial charge on any atom is -0.327 e. The topological polar surface area (TPSA) is 83.8 Å². The molecule has 26 heavy (non-hydrogen) atoms. The van der Waals surface area contributed by atoms with Gasteiger partial charge < -0.3 is 9.80 Å². The zero-order valence-electron chi connectivity index (χ0n) is 14.0. The van der Waals surface area contributed by atoms with Crippen molar-refractivity contribution in [2.24, 2.45) is 0 Å². The van der Waals surface area contributed by atoms with Gasteiger partial charge >= 0.3 is 0 Å². The maximum atomic E-state index is 13.2. The molecule has 0 saturated carbocycles. The number of non-ortho nitro benzene ring substituents is 1. The maximum absolute atomic E-state index is 13.2. The van der Waals surface area contributed by atoms with Crippen LogP contribution in [0.3, 0.4) is 0 Å². The second-order valence-corrected chi connectivity index (χ2v) is 6.53. The molecule has 1 fully saturated rings. The first-order chi connectivity index (χ1) is 12.6. The molecule has 2 aliphatic rings. The van der Waals surface area contributed by atoms with Gasteiger partial charge in [0, 0.05) is 18.7 Å². The molecule has 0 aliphatic carbocycles. The lowest BCUT2D eigenvalue weighted by Crippen LogP contribution is -2.44. The Hall–Kier alpha value is -3.22. The lowest BCUT2D eigenvalue weighted by Gasteiger charge is -2.26. The number of fused-ring (bicyclic) bond motifs is 2. The molecule has 0 N–H and O–H groups in total. The second kappa shape index (κ2) is 6.25. The minimum atomic E-state index is -0.464. The Kier molecular flexibility index (Phi) is 3.91. The van der Waals surface area contributed by atoms with Crippen molar-refractivity contribution in [1.29, 1.82) is 0 Å². The SMILES string of the molecule is O=C1[C@H]2CCCN2C(=O)c2ccccc2N1Cc1cccc([N+](=O)[O-])c1. The second-order valence-electron chi connectivity index (χ2n) is 6.53. The van der Waals surface area contributed by atoms with E-state index in [0.29, 0.717) is 29.8 Å². The molecular formula is C19H17N3O4. The predicted octanol–water partition coefficient (Wildman–Crippen LogP) is 2.75. The van der Waals surface area contributed by atoms with Crippen molar-refractivity contribution in [1.82, 2.24) is 4.90 Å². The zero-order valence-corrected chi connectivity index (χ0v) is 14.0. The average molecular weight is 351 g/mol. The van der Waals surface area contributed by atoms with Gasteiger partial charge in [0.1, 0.15) is 6.04 Å². The number of anilines is 1. The highest BCUT2D eigenvalue weighted by Crippen LogP contribution is 2.33. The molecule has 2 aromatic carbocycles. The van der Waals surface area contributed by atoms with Crippen LogP contribution < -0.4 is 4.90 Å². The third-order valence-electron chi connectivity index (χ3n) is 4.95. The van der Waals surface area contributed by atoms with E-state index in [1.54, 1.807) is 46.2 Å². The summed E-state index contributed by atoms with van der Waals surface area (Å²) in [5.74, 6) is -0.259. The van der Waals surface area contributed by atoms with Crippen LogP contribution in [0.1, 0.15) is 28.8 Å². The van der Waals surface area contributed by atoms with Gasteiger partial charge in [0.05, 0.1) is 22.7 Å². The van der Waals surface area contributed by atoms with Gasteiger partial charge in [-0.05, 0) is 30.5 Å². The first-order valence-corrected chi connectivity index (χ1v) is 8.51. The van der Waals surface area contributed by atoms with E-state index in [-0.39, 0.29) is 24.0 Å². The van der Waals surface area contributed by atoms with Crippen molar-refractivity contribution >= 4 is 23.2 Å². The Labute approximate surface area is 150 Å². The van der Waals surface area contributed by atoms with Crippen molar-refractivity contribution in [3.63, 3.8) is 0 Å². The van der Waals surface area contributed by atoms with Gasteiger partial charge in [-0.2, -0.15) is 0 Å². The lowest BCUT2D eigenvalue weighted by atomic mass is 10.1. The summed E-state index contributed by atoms with van der Waals surface area (Å²) in [6, 6.07) is 12.8. The number of hydrogen-bond donors (Lipinski definition) is 0. The first kappa shape index (κ1) is 16.3. The normalized spacial score (nSPS) is 19.2. The summed E-state index contributed by atoms with van der Waals surface area (Å²) in [7, 11) is 0. The Morgan fingerprint density at radius 1 is 1.12 bits per heavy atom. The molecule has 0 radical (unpaired) electrons. The Morgan fingerprint density at radius 2 is 1.92 bits per heavy atom. The summed E-state index contributed by atoms with van der Waals surface area (Å²) in [5, 5.41) is 11.0. The molecule has 0 aromatic heterocycles. The molecule has 2 aromatic rings. The number of para-hydroxylation sites is 1. The summed E-state index contributed by atoms with van der Waals surface area (Å²) in [4.78, 5) is 39.8. The van der Waals surface area contributed by atoms with Crippen LogP contribution >= 0.6 is 0 Å². The Bertz CT molecular complexity index is 911. The molecule has 2 heterocycles. The maximum Gasteiger partial charge on any atom is 0.269 e. The van der Waals surface area contributed by atoms with E-state index in [0.717, 1.165) is 6.42 Å². The first-order valence-electron chi connectivity index (χ1n) is 8.51. The van der Waals surface area contributed by atoms with Crippen LogP contribution in [0.4, 0.5) is 11.4 Å². The summed E-state index contributed by atoms with van der Waals surface area (Å²) in [6.07, 6.45) is 1.44. The number of carbonyl (C=O) groups is 2. The van der Waals surface area contributed by atoms with Gasteiger partial charge in [0.2, 0.25) is 5.91 Å². The number of nitro groups is 1. The monoisotopic (exact) mass is 351 g/mol. The summed E-state index contributed by atoms with van der Waals surface area (Å²) in [5.41, 5.74) is 1.69. The average Bonchev–Trinajstić information content (AvgIpc) is 3.12. The van der Waals surface area contributed by atoms with Gasteiger partial charge in [0.15, 0.2) is 0 Å². The summed E-state index contributed by atoms with van der Waals surface area (Å²) in [6.45, 7) is 0.767. The number of amides is 2. The number of carbonyl (C=O) groups excluding carboxylic acids is 2. The lowest BCUT2D eigenvalue weighted by molar-refractivity contribution is -0.384. The largest absolute Gasteiger partial charge is 0.327 e. The van der Waals surface area contributed by atoms with Gasteiger partial charge in [0.25, 0.3) is 11.6 Å². The standard InChI is InChI=1S/C19H17N3O4/c23-18-15-7-1-2-8-16(15)21(19(24)17-9-4-10-20(17)18)12-13-5-3-6-14(11-13)22(25)26/h1-3,5-8,11,17H,4,9-10,12H2/t17-/m1/s1. The molecule has 2 aliphatic heterocycles. The van der Waals surface area contributed by atoms with Crippen molar-refractivity contribution in [3.05, 3.63) is 69.8 Å². The fourth-order valence-corrected chi connectivity index (χ4v) is 3.72. The van der Waals surface area contributed by atoms with Crippen molar-refractivity contribution in [2.75, 3.05) is 11.4 Å². The summed E-state index contributed by atoms with van der Waals surface area (Å²) < 4.78 is 0. The van der Waals surface area contributed by atoms with Crippen molar-refractivity contribution in [3.8, 4) is 0 Å². The molecule has 7 heteroatoms. The fraction of sp³-hybridized carbons (Fsp3) is 0.263. The van der Waals surface area contributed by atoms with Gasteiger partial charge in [-0.15, -0.1) is 0 Å². The van der Waals surface area contributed by atoms with E-state index in [9.17, 15) is 19.7 Å². The highest BCUT2D eigenvalue weighted by Gasteiger charge is 2.41. The van der Waals surface area contributed by atoms with E-state index >= 15 is 0 Å². The number of rotatable bonds is 3. The third-order valence-corrected chi connectivity index (χ3v) is 4.95. The molecule has 0 bridgehead atoms. The van der Waals surface area contributed by atoms with Crippen LogP contribution in [0.2, 0.25) is 0 Å². The van der Waals surface area contributed by atoms with E-state index < -0.39 is 11.0 Å². The molecule has 0 unspecified atom stereocenters. The van der Waals surface area contributed by atoms with Crippen LogP contribution in [-0.2, 0) is 11.3 Å². The van der Waals surface area contributed by atoms with Crippen LogP contribution in [0.5, 0.6) is 0 Å². The highest BCUT2D eigenvalue weighted by molar-refractivity contribution is 6.11. The molecule has 0 spiro atoms.